The van der Waals surface area contributed by atoms with E-state index in [1.165, 1.54) is 14.2 Å². The number of aromatic nitrogens is 4. The van der Waals surface area contributed by atoms with Gasteiger partial charge in [0, 0.05) is 30.5 Å². The molecule has 8 atom stereocenters. The number of alkyl carbamates (subject to hydrolysis) is 2. The molecule has 4 aliphatic rings. The Hall–Kier alpha value is -5.99. The van der Waals surface area contributed by atoms with Gasteiger partial charge in [-0.3, -0.25) is 14.4 Å². The van der Waals surface area contributed by atoms with E-state index in [1.807, 2.05) is 43.7 Å². The van der Waals surface area contributed by atoms with Gasteiger partial charge in [-0.05, 0) is 77.2 Å². The number of fused-ring (bicyclic) bond motifs is 5. The van der Waals surface area contributed by atoms with Crippen LogP contribution in [0.4, 0.5) is 9.59 Å². The minimum atomic E-state index is -0.737. The van der Waals surface area contributed by atoms with Gasteiger partial charge in [-0.2, -0.15) is 0 Å². The number of H-pyrrole nitrogens is 2. The van der Waals surface area contributed by atoms with Gasteiger partial charge in [0.25, 0.3) is 0 Å². The van der Waals surface area contributed by atoms with Crippen LogP contribution in [0, 0.1) is 23.7 Å². The van der Waals surface area contributed by atoms with Gasteiger partial charge < -0.3 is 39.9 Å². The molecule has 0 radical (unpaired) electrons. The molecule has 4 heterocycles. The number of carbonyl (C=O) groups is 5. The summed E-state index contributed by atoms with van der Waals surface area (Å²) in [5, 5.41) is 5.44. The van der Waals surface area contributed by atoms with Crippen LogP contribution in [-0.4, -0.2) is 98.9 Å². The molecule has 2 aliphatic carbocycles. The number of hydrogen-bond acceptors (Lipinski definition) is 9. The minimum Gasteiger partial charge on any atom is -0.453 e. The first kappa shape index (κ1) is 42.7. The van der Waals surface area contributed by atoms with Crippen molar-refractivity contribution in [3.63, 3.8) is 0 Å². The number of ether oxygens (including phenoxy) is 2. The van der Waals surface area contributed by atoms with Crippen molar-refractivity contribution in [2.24, 2.45) is 23.7 Å². The number of imidazole rings is 2. The summed E-state index contributed by atoms with van der Waals surface area (Å²) in [4.78, 5) is 86.0. The molecular formula is C47H58N8O7. The SMILES string of the molecule is COC(=O)N[C@H](C(=O)N1C[C@@H](C)C[C@@H]1c1ncc(-c2ccc(-c3ccc(-c4cnc([C@@H]5C[C@H](C)CN5C(=O)[C@H](NC(=O)OC)C(C)C)[nH]4)cc3)c3c2C2CCC3C2=O)[nH]1)C(C)C. The van der Waals surface area contributed by atoms with Gasteiger partial charge >= 0.3 is 12.2 Å². The summed E-state index contributed by atoms with van der Waals surface area (Å²) >= 11 is 0. The molecule has 328 valence electrons. The van der Waals surface area contributed by atoms with Gasteiger partial charge in [0.05, 0.1) is 50.1 Å². The lowest BCUT2D eigenvalue weighted by molar-refractivity contribution is -0.136. The average molecular weight is 847 g/mol. The van der Waals surface area contributed by atoms with Crippen LogP contribution in [0.15, 0.2) is 48.8 Å². The molecule has 15 nitrogen and oxygen atoms in total. The van der Waals surface area contributed by atoms with Crippen LogP contribution in [0.2, 0.25) is 0 Å². The molecule has 15 heteroatoms. The lowest BCUT2D eigenvalue weighted by Crippen LogP contribution is -2.51. The predicted octanol–water partition coefficient (Wildman–Crippen LogP) is 7.26. The monoisotopic (exact) mass is 846 g/mol. The van der Waals surface area contributed by atoms with Crippen molar-refractivity contribution in [1.82, 2.24) is 40.4 Å². The number of amides is 4. The Morgan fingerprint density at radius 3 is 1.58 bits per heavy atom. The summed E-state index contributed by atoms with van der Waals surface area (Å²) in [6, 6.07) is 10.5. The first-order chi connectivity index (χ1) is 29.7. The fraction of sp³-hybridized carbons (Fsp3) is 0.511. The second-order valence-corrected chi connectivity index (χ2v) is 18.4. The standard InChI is InChI=1S/C47H58N8O7/c1-23(2)39(52-46(59)61-7)44(57)54-21-25(5)17-35(54)42-48-19-33(50-42)28-11-9-27(10-12-28)29-13-14-30(38-32-16-15-31(37(29)38)41(32)56)34-20-49-43(51-34)36-18-26(6)22-55(36)45(58)40(24(3)4)53-47(60)62-8/h9-14,19-20,23-26,31-32,35-36,39-40H,15-18,21-22H2,1-8H3,(H,48,50)(H,49,51)(H,52,59)(H,53,60)/t25-,26-,31?,32?,35-,36+,39+,40-/m0/s1. The summed E-state index contributed by atoms with van der Waals surface area (Å²) < 4.78 is 9.61. The molecule has 8 rings (SSSR count). The second-order valence-electron chi connectivity index (χ2n) is 18.4. The van der Waals surface area contributed by atoms with Crippen LogP contribution in [0.5, 0.6) is 0 Å². The molecule has 2 aromatic heterocycles. The molecule has 3 fully saturated rings. The van der Waals surface area contributed by atoms with Gasteiger partial charge in [0.2, 0.25) is 11.8 Å². The molecule has 2 saturated heterocycles. The Balaban J connectivity index is 1.04. The third-order valence-corrected chi connectivity index (χ3v) is 13.4. The summed E-state index contributed by atoms with van der Waals surface area (Å²) in [6.45, 7) is 12.9. The largest absolute Gasteiger partial charge is 0.453 e. The molecular weight excluding hydrogens is 789 g/mol. The number of ketones is 1. The van der Waals surface area contributed by atoms with Gasteiger partial charge in [-0.15, -0.1) is 0 Å². The van der Waals surface area contributed by atoms with Crippen molar-refractivity contribution in [1.29, 1.82) is 0 Å². The van der Waals surface area contributed by atoms with Crippen LogP contribution >= 0.6 is 0 Å². The molecule has 4 aromatic rings. The first-order valence-electron chi connectivity index (χ1n) is 21.9. The Kier molecular flexibility index (Phi) is 11.7. The van der Waals surface area contributed by atoms with Crippen molar-refractivity contribution < 1.29 is 33.4 Å². The maximum Gasteiger partial charge on any atom is 0.407 e. The highest BCUT2D eigenvalue weighted by molar-refractivity contribution is 6.03. The van der Waals surface area contributed by atoms with Gasteiger partial charge in [-0.25, -0.2) is 19.6 Å². The fourth-order valence-corrected chi connectivity index (χ4v) is 10.3. The van der Waals surface area contributed by atoms with Crippen molar-refractivity contribution in [3.8, 4) is 33.6 Å². The zero-order chi connectivity index (χ0) is 44.1. The quantitative estimate of drug-likeness (QED) is 0.120. The maximum absolute atomic E-state index is 13.9. The van der Waals surface area contributed by atoms with E-state index in [1.54, 1.807) is 6.20 Å². The molecule has 4 amide bonds. The number of hydrogen-bond donors (Lipinski definition) is 4. The highest BCUT2D eigenvalue weighted by Crippen LogP contribution is 2.56. The summed E-state index contributed by atoms with van der Waals surface area (Å²) in [7, 11) is 2.57. The van der Waals surface area contributed by atoms with Crippen LogP contribution < -0.4 is 10.6 Å². The minimum absolute atomic E-state index is 0.133. The Morgan fingerprint density at radius 2 is 1.10 bits per heavy atom. The Labute approximate surface area is 362 Å². The van der Waals surface area contributed by atoms with Gasteiger partial charge in [0.15, 0.2) is 0 Å². The fourth-order valence-electron chi connectivity index (χ4n) is 10.3. The molecule has 4 N–H and O–H groups in total. The zero-order valence-corrected chi connectivity index (χ0v) is 36.8. The summed E-state index contributed by atoms with van der Waals surface area (Å²) in [5.41, 5.74) is 7.72. The number of nitrogens with one attached hydrogen (secondary N) is 4. The van der Waals surface area contributed by atoms with Crippen LogP contribution in [0.1, 0.15) is 114 Å². The predicted molar refractivity (Wildman–Crippen MR) is 232 cm³/mol. The Bertz CT molecular complexity index is 2370. The van der Waals surface area contributed by atoms with E-state index < -0.39 is 24.3 Å². The number of aromatic amines is 2. The number of nitrogens with zero attached hydrogens (tertiary/aromatic N) is 4. The van der Waals surface area contributed by atoms with Crippen LogP contribution in [0.25, 0.3) is 33.6 Å². The molecule has 1 saturated carbocycles. The lowest BCUT2D eigenvalue weighted by Gasteiger charge is -2.30. The van der Waals surface area contributed by atoms with E-state index in [0.29, 0.717) is 24.7 Å². The Morgan fingerprint density at radius 1 is 0.661 bits per heavy atom. The van der Waals surface area contributed by atoms with Crippen molar-refractivity contribution >= 4 is 29.8 Å². The maximum atomic E-state index is 13.9. The van der Waals surface area contributed by atoms with E-state index >= 15 is 0 Å². The summed E-state index contributed by atoms with van der Waals surface area (Å²) in [5.74, 6) is 1.18. The lowest BCUT2D eigenvalue weighted by atomic mass is 9.82. The molecule has 2 bridgehead atoms. The second kappa shape index (κ2) is 17.1. The molecule has 2 unspecified atom stereocenters. The highest BCUT2D eigenvalue weighted by Gasteiger charge is 2.48. The first-order valence-corrected chi connectivity index (χ1v) is 21.9. The average Bonchev–Trinajstić information content (AvgIpc) is 4.13. The van der Waals surface area contributed by atoms with E-state index in [4.69, 9.17) is 19.4 Å². The van der Waals surface area contributed by atoms with E-state index in [-0.39, 0.29) is 65.2 Å². The number of carbonyl (C=O) groups excluding carboxylic acids is 5. The van der Waals surface area contributed by atoms with Crippen LogP contribution in [-0.2, 0) is 23.9 Å². The van der Waals surface area contributed by atoms with Gasteiger partial charge in [0.1, 0.15) is 29.5 Å². The molecule has 2 aliphatic heterocycles. The van der Waals surface area contributed by atoms with Crippen molar-refractivity contribution in [2.75, 3.05) is 27.3 Å². The number of Topliss-reactive ketones (excluding diaryl/α,β-unsaturated/α-hetero) is 1. The molecule has 62 heavy (non-hydrogen) atoms. The zero-order valence-electron chi connectivity index (χ0n) is 36.8. The smallest absolute Gasteiger partial charge is 0.407 e. The number of methoxy groups -OCH3 is 2. The topological polar surface area (TPSA) is 192 Å². The van der Waals surface area contributed by atoms with Crippen LogP contribution in [0.3, 0.4) is 0 Å². The number of rotatable bonds is 11. The molecule has 0 spiro atoms. The van der Waals surface area contributed by atoms with E-state index in [0.717, 1.165) is 70.5 Å². The van der Waals surface area contributed by atoms with Crippen molar-refractivity contribution in [3.05, 3.63) is 71.6 Å². The van der Waals surface area contributed by atoms with E-state index in [9.17, 15) is 24.0 Å². The number of benzene rings is 2. The molecule has 2 aromatic carbocycles. The third kappa shape index (κ3) is 7.74. The van der Waals surface area contributed by atoms with E-state index in [2.05, 4.69) is 70.8 Å². The van der Waals surface area contributed by atoms with Gasteiger partial charge in [-0.1, -0.05) is 77.9 Å². The summed E-state index contributed by atoms with van der Waals surface area (Å²) in [6.07, 6.45) is 5.44. The normalized spacial score (nSPS) is 23.8. The number of likely N-dealkylation sites (tertiary alicyclic amines) is 2. The highest BCUT2D eigenvalue weighted by atomic mass is 16.5. The van der Waals surface area contributed by atoms with Crippen molar-refractivity contribution in [2.45, 2.75) is 103 Å². The third-order valence-electron chi connectivity index (χ3n) is 13.4.